The van der Waals surface area contributed by atoms with Crippen LogP contribution in [0.15, 0.2) is 103 Å². The number of rotatable bonds is 2. The summed E-state index contributed by atoms with van der Waals surface area (Å²) in [5.74, 6) is 0.324. The zero-order chi connectivity index (χ0) is 18.2. The number of phenols is 1. The Morgan fingerprint density at radius 3 is 1.26 bits per heavy atom. The molecule has 0 spiro atoms. The van der Waals surface area contributed by atoms with E-state index in [2.05, 4.69) is 48.5 Å². The van der Waals surface area contributed by atoms with Gasteiger partial charge in [0.15, 0.2) is 0 Å². The SMILES string of the molecule is Oc1c(-c2cccc3ccccc23)cccc1-c1cccc2ccccc12. The van der Waals surface area contributed by atoms with Gasteiger partial charge in [-0.25, -0.2) is 0 Å². The molecule has 1 nitrogen and oxygen atoms in total. The van der Waals surface area contributed by atoms with E-state index in [-0.39, 0.29) is 0 Å². The fourth-order valence-electron chi connectivity index (χ4n) is 3.90. The molecule has 0 aliphatic rings. The minimum atomic E-state index is 0.324. The van der Waals surface area contributed by atoms with Gasteiger partial charge in [0.2, 0.25) is 0 Å². The molecule has 0 heterocycles. The second-order valence-corrected chi connectivity index (χ2v) is 6.76. The maximum Gasteiger partial charge on any atom is 0.131 e. The van der Waals surface area contributed by atoms with Crippen molar-refractivity contribution in [2.45, 2.75) is 0 Å². The van der Waals surface area contributed by atoms with Crippen LogP contribution in [-0.4, -0.2) is 5.11 Å². The van der Waals surface area contributed by atoms with Crippen molar-refractivity contribution in [3.63, 3.8) is 0 Å². The van der Waals surface area contributed by atoms with E-state index in [9.17, 15) is 5.11 Å². The lowest BCUT2D eigenvalue weighted by molar-refractivity contribution is 0.479. The summed E-state index contributed by atoms with van der Waals surface area (Å²) in [7, 11) is 0. The molecule has 0 radical (unpaired) electrons. The highest BCUT2D eigenvalue weighted by Gasteiger charge is 2.14. The van der Waals surface area contributed by atoms with Crippen LogP contribution in [0.1, 0.15) is 0 Å². The number of hydrogen-bond acceptors (Lipinski definition) is 1. The van der Waals surface area contributed by atoms with E-state index in [1.165, 1.54) is 10.8 Å². The zero-order valence-electron chi connectivity index (χ0n) is 14.8. The van der Waals surface area contributed by atoms with Gasteiger partial charge in [-0.05, 0) is 32.7 Å². The first-order valence-corrected chi connectivity index (χ1v) is 9.11. The molecular formula is C26H18O. The van der Waals surface area contributed by atoms with E-state index < -0.39 is 0 Å². The smallest absolute Gasteiger partial charge is 0.131 e. The van der Waals surface area contributed by atoms with Crippen molar-refractivity contribution in [1.82, 2.24) is 0 Å². The first-order valence-electron chi connectivity index (χ1n) is 9.11. The van der Waals surface area contributed by atoms with Crippen molar-refractivity contribution in [3.05, 3.63) is 103 Å². The van der Waals surface area contributed by atoms with Crippen LogP contribution in [0.4, 0.5) is 0 Å². The summed E-state index contributed by atoms with van der Waals surface area (Å²) in [6.07, 6.45) is 0. The van der Waals surface area contributed by atoms with Crippen molar-refractivity contribution in [3.8, 4) is 28.0 Å². The topological polar surface area (TPSA) is 20.2 Å². The first-order chi connectivity index (χ1) is 13.3. The normalized spacial score (nSPS) is 11.1. The van der Waals surface area contributed by atoms with Gasteiger partial charge in [0.1, 0.15) is 5.75 Å². The second-order valence-electron chi connectivity index (χ2n) is 6.76. The van der Waals surface area contributed by atoms with Gasteiger partial charge in [0, 0.05) is 11.1 Å². The number of para-hydroxylation sites is 1. The average Bonchev–Trinajstić information content (AvgIpc) is 2.73. The molecule has 0 aliphatic carbocycles. The zero-order valence-corrected chi connectivity index (χ0v) is 14.8. The molecule has 0 saturated carbocycles. The third-order valence-corrected chi connectivity index (χ3v) is 5.20. The molecule has 27 heavy (non-hydrogen) atoms. The molecule has 5 aromatic carbocycles. The number of benzene rings is 5. The minimum absolute atomic E-state index is 0.324. The monoisotopic (exact) mass is 346 g/mol. The maximum atomic E-state index is 11.2. The molecule has 128 valence electrons. The lowest BCUT2D eigenvalue weighted by atomic mass is 9.92. The molecule has 1 N–H and O–H groups in total. The van der Waals surface area contributed by atoms with Crippen LogP contribution in [0.3, 0.4) is 0 Å². The van der Waals surface area contributed by atoms with Gasteiger partial charge in [0.05, 0.1) is 0 Å². The highest BCUT2D eigenvalue weighted by Crippen LogP contribution is 2.42. The van der Waals surface area contributed by atoms with Crippen LogP contribution in [-0.2, 0) is 0 Å². The molecule has 0 aromatic heterocycles. The van der Waals surface area contributed by atoms with E-state index >= 15 is 0 Å². The van der Waals surface area contributed by atoms with Gasteiger partial charge in [-0.2, -0.15) is 0 Å². The van der Waals surface area contributed by atoms with Crippen molar-refractivity contribution in [1.29, 1.82) is 0 Å². The van der Waals surface area contributed by atoms with Gasteiger partial charge in [-0.3, -0.25) is 0 Å². The molecule has 1 heteroatoms. The predicted molar refractivity (Wildman–Crippen MR) is 114 cm³/mol. The number of phenolic OH excluding ortho intramolecular Hbond substituents is 1. The standard InChI is InChI=1S/C26H18O/c27-26-24(22-14-5-10-18-8-1-3-12-20(18)22)16-7-17-25(26)23-15-6-11-19-9-2-4-13-21(19)23/h1-17,27H. The van der Waals surface area contributed by atoms with Gasteiger partial charge in [-0.1, -0.05) is 103 Å². The molecule has 5 rings (SSSR count). The summed E-state index contributed by atoms with van der Waals surface area (Å²) in [6.45, 7) is 0. The molecule has 0 atom stereocenters. The quantitative estimate of drug-likeness (QED) is 0.364. The molecule has 0 aliphatic heterocycles. The van der Waals surface area contributed by atoms with Crippen molar-refractivity contribution >= 4 is 21.5 Å². The first kappa shape index (κ1) is 15.7. The Bertz CT molecular complexity index is 1180. The van der Waals surface area contributed by atoms with Crippen LogP contribution in [0.2, 0.25) is 0 Å². The van der Waals surface area contributed by atoms with E-state index in [0.29, 0.717) is 5.75 Å². The molecule has 0 unspecified atom stereocenters. The van der Waals surface area contributed by atoms with Crippen molar-refractivity contribution in [2.24, 2.45) is 0 Å². The Labute approximate surface area is 158 Å². The van der Waals surface area contributed by atoms with Crippen LogP contribution >= 0.6 is 0 Å². The summed E-state index contributed by atoms with van der Waals surface area (Å²) >= 11 is 0. The second kappa shape index (κ2) is 6.30. The van der Waals surface area contributed by atoms with Crippen molar-refractivity contribution < 1.29 is 5.11 Å². The molecular weight excluding hydrogens is 328 g/mol. The maximum absolute atomic E-state index is 11.2. The van der Waals surface area contributed by atoms with Crippen molar-refractivity contribution in [2.75, 3.05) is 0 Å². The van der Waals surface area contributed by atoms with Gasteiger partial charge < -0.3 is 5.11 Å². The summed E-state index contributed by atoms with van der Waals surface area (Å²) < 4.78 is 0. The lowest BCUT2D eigenvalue weighted by Gasteiger charge is -2.14. The summed E-state index contributed by atoms with van der Waals surface area (Å²) in [6, 6.07) is 35.0. The van der Waals surface area contributed by atoms with Gasteiger partial charge in [-0.15, -0.1) is 0 Å². The Morgan fingerprint density at radius 2 is 0.741 bits per heavy atom. The van der Waals surface area contributed by atoms with Gasteiger partial charge >= 0.3 is 0 Å². The Balaban J connectivity index is 1.78. The minimum Gasteiger partial charge on any atom is -0.507 e. The van der Waals surface area contributed by atoms with Crippen LogP contribution in [0, 0.1) is 0 Å². The number of aromatic hydroxyl groups is 1. The molecule has 0 saturated heterocycles. The van der Waals surface area contributed by atoms with E-state index in [1.807, 2.05) is 54.6 Å². The highest BCUT2D eigenvalue weighted by atomic mass is 16.3. The summed E-state index contributed by atoms with van der Waals surface area (Å²) in [5, 5.41) is 15.8. The molecule has 0 fully saturated rings. The Morgan fingerprint density at radius 1 is 0.370 bits per heavy atom. The van der Waals surface area contributed by atoms with Crippen LogP contribution < -0.4 is 0 Å². The number of hydrogen-bond donors (Lipinski definition) is 1. The summed E-state index contributed by atoms with van der Waals surface area (Å²) in [5.41, 5.74) is 3.81. The molecule has 0 amide bonds. The lowest BCUT2D eigenvalue weighted by Crippen LogP contribution is -1.87. The van der Waals surface area contributed by atoms with Crippen LogP contribution in [0.25, 0.3) is 43.8 Å². The van der Waals surface area contributed by atoms with E-state index in [4.69, 9.17) is 0 Å². The van der Waals surface area contributed by atoms with Crippen LogP contribution in [0.5, 0.6) is 5.75 Å². The average molecular weight is 346 g/mol. The fraction of sp³-hybridized carbons (Fsp3) is 0. The number of fused-ring (bicyclic) bond motifs is 2. The largest absolute Gasteiger partial charge is 0.507 e. The Hall–Kier alpha value is -3.58. The highest BCUT2D eigenvalue weighted by molar-refractivity contribution is 6.02. The summed E-state index contributed by atoms with van der Waals surface area (Å²) in [4.78, 5) is 0. The van der Waals surface area contributed by atoms with E-state index in [1.54, 1.807) is 0 Å². The molecule has 0 bridgehead atoms. The van der Waals surface area contributed by atoms with E-state index in [0.717, 1.165) is 33.0 Å². The molecule has 5 aromatic rings. The predicted octanol–water partition coefficient (Wildman–Crippen LogP) is 7.03. The van der Waals surface area contributed by atoms with Gasteiger partial charge in [0.25, 0.3) is 0 Å². The Kier molecular flexibility index (Phi) is 3.65. The third kappa shape index (κ3) is 2.56. The fourth-order valence-corrected chi connectivity index (χ4v) is 3.90. The third-order valence-electron chi connectivity index (χ3n) is 5.20.